The standard InChI is InChI=1S/C17H19NO5S/c1-2-18-24(20,21)16-10-8-14(9-11-16)17(19)23-13-12-22-15-6-4-3-5-7-15/h3-11,18H,2,12-13H2,1H3. The van der Waals surface area contributed by atoms with Crippen molar-refractivity contribution in [1.29, 1.82) is 0 Å². The van der Waals surface area contributed by atoms with Crippen molar-refractivity contribution in [3.8, 4) is 5.75 Å². The quantitative estimate of drug-likeness (QED) is 0.584. The minimum Gasteiger partial charge on any atom is -0.490 e. The zero-order chi connectivity index (χ0) is 17.4. The van der Waals surface area contributed by atoms with E-state index in [4.69, 9.17) is 9.47 Å². The van der Waals surface area contributed by atoms with Crippen LogP contribution < -0.4 is 9.46 Å². The van der Waals surface area contributed by atoms with Crippen LogP contribution >= 0.6 is 0 Å². The Morgan fingerprint density at radius 3 is 2.29 bits per heavy atom. The number of para-hydroxylation sites is 1. The first-order valence-electron chi connectivity index (χ1n) is 7.47. The van der Waals surface area contributed by atoms with Crippen LogP contribution in [-0.4, -0.2) is 34.1 Å². The second kappa shape index (κ2) is 8.47. The van der Waals surface area contributed by atoms with E-state index < -0.39 is 16.0 Å². The molecule has 0 aliphatic heterocycles. The number of benzene rings is 2. The van der Waals surface area contributed by atoms with Crippen molar-refractivity contribution < 1.29 is 22.7 Å². The SMILES string of the molecule is CCNS(=O)(=O)c1ccc(C(=O)OCCOc2ccccc2)cc1. The molecule has 7 heteroatoms. The number of carbonyl (C=O) groups excluding carboxylic acids is 1. The van der Waals surface area contributed by atoms with E-state index in [2.05, 4.69) is 4.72 Å². The van der Waals surface area contributed by atoms with E-state index in [1.54, 1.807) is 6.92 Å². The summed E-state index contributed by atoms with van der Waals surface area (Å²) in [4.78, 5) is 12.0. The Hall–Kier alpha value is -2.38. The molecule has 0 fully saturated rings. The summed E-state index contributed by atoms with van der Waals surface area (Å²) < 4.78 is 36.5. The highest BCUT2D eigenvalue weighted by Crippen LogP contribution is 2.12. The van der Waals surface area contributed by atoms with E-state index in [0.717, 1.165) is 0 Å². The van der Waals surface area contributed by atoms with Gasteiger partial charge in [0.2, 0.25) is 10.0 Å². The first-order valence-corrected chi connectivity index (χ1v) is 8.96. The molecule has 2 aromatic rings. The van der Waals surface area contributed by atoms with Gasteiger partial charge in [-0.25, -0.2) is 17.9 Å². The van der Waals surface area contributed by atoms with Crippen molar-refractivity contribution in [1.82, 2.24) is 4.72 Å². The van der Waals surface area contributed by atoms with Crippen LogP contribution in [0.3, 0.4) is 0 Å². The summed E-state index contributed by atoms with van der Waals surface area (Å²) in [7, 11) is -3.53. The van der Waals surface area contributed by atoms with E-state index in [1.807, 2.05) is 30.3 Å². The lowest BCUT2D eigenvalue weighted by molar-refractivity contribution is 0.0450. The van der Waals surface area contributed by atoms with Gasteiger partial charge in [-0.15, -0.1) is 0 Å². The maximum Gasteiger partial charge on any atom is 0.338 e. The van der Waals surface area contributed by atoms with E-state index in [9.17, 15) is 13.2 Å². The van der Waals surface area contributed by atoms with Crippen molar-refractivity contribution in [2.45, 2.75) is 11.8 Å². The van der Waals surface area contributed by atoms with Gasteiger partial charge in [0.25, 0.3) is 0 Å². The minimum absolute atomic E-state index is 0.102. The molecule has 0 bridgehead atoms. The number of carbonyl (C=O) groups is 1. The molecular formula is C17H19NO5S. The van der Waals surface area contributed by atoms with Crippen molar-refractivity contribution >= 4 is 16.0 Å². The number of nitrogens with one attached hydrogen (secondary N) is 1. The summed E-state index contributed by atoms with van der Waals surface area (Å²) in [6, 6.07) is 14.8. The van der Waals surface area contributed by atoms with Crippen LogP contribution in [0, 0.1) is 0 Å². The van der Waals surface area contributed by atoms with Crippen LogP contribution in [0.1, 0.15) is 17.3 Å². The molecule has 0 aromatic heterocycles. The van der Waals surface area contributed by atoms with Crippen molar-refractivity contribution in [2.24, 2.45) is 0 Å². The maximum absolute atomic E-state index is 11.9. The van der Waals surface area contributed by atoms with Gasteiger partial charge in [0.1, 0.15) is 19.0 Å². The van der Waals surface area contributed by atoms with Crippen molar-refractivity contribution in [3.05, 3.63) is 60.2 Å². The molecule has 128 valence electrons. The lowest BCUT2D eigenvalue weighted by Crippen LogP contribution is -2.23. The Bertz CT molecular complexity index is 757. The average molecular weight is 349 g/mol. The molecule has 0 saturated heterocycles. The third-order valence-corrected chi connectivity index (χ3v) is 4.62. The molecule has 2 rings (SSSR count). The van der Waals surface area contributed by atoms with Crippen LogP contribution in [0.15, 0.2) is 59.5 Å². The lowest BCUT2D eigenvalue weighted by atomic mass is 10.2. The fraction of sp³-hybridized carbons (Fsp3) is 0.235. The Morgan fingerprint density at radius 2 is 1.67 bits per heavy atom. The Balaban J connectivity index is 1.84. The third kappa shape index (κ3) is 5.07. The number of rotatable bonds is 8. The predicted octanol–water partition coefficient (Wildman–Crippen LogP) is 2.22. The molecule has 0 unspecified atom stereocenters. The molecular weight excluding hydrogens is 330 g/mol. The van der Waals surface area contributed by atoms with Gasteiger partial charge in [-0.3, -0.25) is 0 Å². The number of esters is 1. The first kappa shape index (κ1) is 18.0. The normalized spacial score (nSPS) is 11.0. The van der Waals surface area contributed by atoms with Crippen LogP contribution in [0.2, 0.25) is 0 Å². The topological polar surface area (TPSA) is 81.7 Å². The summed E-state index contributed by atoms with van der Waals surface area (Å²) >= 11 is 0. The zero-order valence-corrected chi connectivity index (χ0v) is 14.1. The summed E-state index contributed by atoms with van der Waals surface area (Å²) in [6.07, 6.45) is 0. The maximum atomic E-state index is 11.9. The largest absolute Gasteiger partial charge is 0.490 e. The number of hydrogen-bond acceptors (Lipinski definition) is 5. The average Bonchev–Trinajstić information content (AvgIpc) is 2.59. The Kier molecular flexibility index (Phi) is 6.34. The van der Waals surface area contributed by atoms with E-state index >= 15 is 0 Å². The van der Waals surface area contributed by atoms with Gasteiger partial charge in [-0.1, -0.05) is 25.1 Å². The minimum atomic E-state index is -3.53. The molecule has 0 amide bonds. The van der Waals surface area contributed by atoms with Gasteiger partial charge in [-0.05, 0) is 36.4 Å². The van der Waals surface area contributed by atoms with Gasteiger partial charge in [0, 0.05) is 6.54 Å². The van der Waals surface area contributed by atoms with E-state index in [-0.39, 0.29) is 23.7 Å². The van der Waals surface area contributed by atoms with Gasteiger partial charge >= 0.3 is 5.97 Å². The Labute approximate surface area is 141 Å². The monoisotopic (exact) mass is 349 g/mol. The van der Waals surface area contributed by atoms with Crippen molar-refractivity contribution in [2.75, 3.05) is 19.8 Å². The Morgan fingerprint density at radius 1 is 1.00 bits per heavy atom. The summed E-state index contributed by atoms with van der Waals surface area (Å²) in [5.41, 5.74) is 0.283. The molecule has 0 aliphatic carbocycles. The highest BCUT2D eigenvalue weighted by molar-refractivity contribution is 7.89. The molecule has 0 heterocycles. The second-order valence-corrected chi connectivity index (χ2v) is 6.59. The number of hydrogen-bond donors (Lipinski definition) is 1. The third-order valence-electron chi connectivity index (χ3n) is 3.06. The van der Waals surface area contributed by atoms with Crippen LogP contribution in [0.5, 0.6) is 5.75 Å². The smallest absolute Gasteiger partial charge is 0.338 e. The lowest BCUT2D eigenvalue weighted by Gasteiger charge is -2.08. The fourth-order valence-electron chi connectivity index (χ4n) is 1.94. The molecule has 0 spiro atoms. The highest BCUT2D eigenvalue weighted by Gasteiger charge is 2.14. The summed E-state index contributed by atoms with van der Waals surface area (Å²) in [5, 5.41) is 0. The first-order chi connectivity index (χ1) is 11.5. The molecule has 0 saturated carbocycles. The van der Waals surface area contributed by atoms with Gasteiger partial charge in [0.05, 0.1) is 10.5 Å². The summed E-state index contributed by atoms with van der Waals surface area (Å²) in [5.74, 6) is 0.172. The highest BCUT2D eigenvalue weighted by atomic mass is 32.2. The molecule has 0 radical (unpaired) electrons. The zero-order valence-electron chi connectivity index (χ0n) is 13.3. The van der Waals surface area contributed by atoms with Crippen LogP contribution in [0.4, 0.5) is 0 Å². The van der Waals surface area contributed by atoms with E-state index in [1.165, 1.54) is 24.3 Å². The predicted molar refractivity (Wildman–Crippen MR) is 89.5 cm³/mol. The molecule has 0 atom stereocenters. The van der Waals surface area contributed by atoms with Gasteiger partial charge in [-0.2, -0.15) is 0 Å². The van der Waals surface area contributed by atoms with Gasteiger partial charge < -0.3 is 9.47 Å². The van der Waals surface area contributed by atoms with E-state index in [0.29, 0.717) is 12.3 Å². The molecule has 1 N–H and O–H groups in total. The summed E-state index contributed by atoms with van der Waals surface area (Å²) in [6.45, 7) is 2.34. The second-order valence-electron chi connectivity index (χ2n) is 4.82. The van der Waals surface area contributed by atoms with Crippen LogP contribution in [-0.2, 0) is 14.8 Å². The van der Waals surface area contributed by atoms with Crippen molar-refractivity contribution in [3.63, 3.8) is 0 Å². The molecule has 0 aliphatic rings. The van der Waals surface area contributed by atoms with Gasteiger partial charge in [0.15, 0.2) is 0 Å². The number of ether oxygens (including phenoxy) is 2. The molecule has 6 nitrogen and oxygen atoms in total. The number of sulfonamides is 1. The molecule has 2 aromatic carbocycles. The fourth-order valence-corrected chi connectivity index (χ4v) is 2.98. The molecule has 24 heavy (non-hydrogen) atoms. The van der Waals surface area contributed by atoms with Crippen LogP contribution in [0.25, 0.3) is 0 Å².